The number of ether oxygens (including phenoxy) is 2. The lowest BCUT2D eigenvalue weighted by Crippen LogP contribution is -2.46. The van der Waals surface area contributed by atoms with Crippen LogP contribution in [0.1, 0.15) is 43.7 Å². The summed E-state index contributed by atoms with van der Waals surface area (Å²) in [6.45, 7) is 6.06. The first-order chi connectivity index (χ1) is 12.2. The summed E-state index contributed by atoms with van der Waals surface area (Å²) in [5, 5.41) is 6.89. The smallest absolute Gasteiger partial charge is 0.191 e. The number of nitrogens with one attached hydrogen (secondary N) is 2. The molecule has 1 aromatic rings. The van der Waals surface area contributed by atoms with Crippen molar-refractivity contribution in [2.75, 3.05) is 33.9 Å². The zero-order chi connectivity index (χ0) is 18.0. The van der Waals surface area contributed by atoms with Crippen molar-refractivity contribution in [3.63, 3.8) is 0 Å². The number of halogens is 1. The van der Waals surface area contributed by atoms with Crippen molar-refractivity contribution in [1.29, 1.82) is 0 Å². The average Bonchev–Trinajstić information content (AvgIpc) is 2.59. The molecule has 0 unspecified atom stereocenters. The maximum Gasteiger partial charge on any atom is 0.191 e. The van der Waals surface area contributed by atoms with Gasteiger partial charge in [0.2, 0.25) is 0 Å². The number of methoxy groups -OCH3 is 2. The summed E-state index contributed by atoms with van der Waals surface area (Å²) in [6, 6.07) is 8.41. The van der Waals surface area contributed by atoms with Gasteiger partial charge in [-0.05, 0) is 42.7 Å². The summed E-state index contributed by atoms with van der Waals surface area (Å²) in [5.74, 6) is 0.892. The number of nitrogens with zero attached hydrogens (tertiary/aromatic N) is 1. The summed E-state index contributed by atoms with van der Waals surface area (Å²) in [7, 11) is 3.50. The third-order valence-corrected chi connectivity index (χ3v) is 4.95. The molecule has 0 bridgehead atoms. The molecule has 0 aromatic heterocycles. The van der Waals surface area contributed by atoms with E-state index in [1.165, 1.54) is 30.4 Å². The first kappa shape index (κ1) is 23.2. The van der Waals surface area contributed by atoms with E-state index in [0.717, 1.165) is 32.1 Å². The first-order valence-corrected chi connectivity index (χ1v) is 9.29. The largest absolute Gasteiger partial charge is 0.385 e. The van der Waals surface area contributed by atoms with Crippen LogP contribution in [0.2, 0.25) is 0 Å². The summed E-state index contributed by atoms with van der Waals surface area (Å²) in [5.41, 5.74) is 2.76. The molecule has 0 amide bonds. The van der Waals surface area contributed by atoms with Gasteiger partial charge < -0.3 is 20.1 Å². The Morgan fingerprint density at radius 2 is 1.92 bits per heavy atom. The Morgan fingerprint density at radius 3 is 2.54 bits per heavy atom. The fraction of sp³-hybridized carbons (Fsp3) is 0.650. The van der Waals surface area contributed by atoms with Crippen LogP contribution in [-0.4, -0.2) is 39.9 Å². The minimum Gasteiger partial charge on any atom is -0.385 e. The molecule has 0 saturated heterocycles. The Hall–Kier alpha value is -0.860. The Labute approximate surface area is 175 Å². The minimum absolute atomic E-state index is 0. The van der Waals surface area contributed by atoms with E-state index in [-0.39, 0.29) is 24.0 Å². The van der Waals surface area contributed by atoms with Crippen molar-refractivity contribution in [3.05, 3.63) is 35.4 Å². The second-order valence-corrected chi connectivity index (χ2v) is 6.90. The highest BCUT2D eigenvalue weighted by molar-refractivity contribution is 14.0. The molecular weight excluding hydrogens is 441 g/mol. The summed E-state index contributed by atoms with van der Waals surface area (Å²) in [6.07, 6.45) is 5.00. The van der Waals surface area contributed by atoms with E-state index in [4.69, 9.17) is 14.5 Å². The van der Waals surface area contributed by atoms with Gasteiger partial charge in [-0.1, -0.05) is 30.7 Å². The van der Waals surface area contributed by atoms with Gasteiger partial charge in [0, 0.05) is 33.9 Å². The second kappa shape index (κ2) is 12.5. The van der Waals surface area contributed by atoms with Gasteiger partial charge in [0.25, 0.3) is 0 Å². The minimum atomic E-state index is 0. The highest BCUT2D eigenvalue weighted by Crippen LogP contribution is 2.43. The molecule has 148 valence electrons. The number of hydrogen-bond acceptors (Lipinski definition) is 3. The van der Waals surface area contributed by atoms with Gasteiger partial charge in [0.15, 0.2) is 5.96 Å². The number of hydrogen-bond donors (Lipinski definition) is 2. The molecule has 0 radical (unpaired) electrons. The molecule has 1 aromatic carbocycles. The van der Waals surface area contributed by atoms with E-state index in [9.17, 15) is 0 Å². The van der Waals surface area contributed by atoms with Gasteiger partial charge in [-0.15, -0.1) is 24.0 Å². The molecular formula is C20H34IN3O2. The lowest BCUT2D eigenvalue weighted by molar-refractivity contribution is 0.0732. The molecule has 1 aliphatic carbocycles. The van der Waals surface area contributed by atoms with Crippen LogP contribution in [0.15, 0.2) is 29.3 Å². The van der Waals surface area contributed by atoms with E-state index in [0.29, 0.717) is 18.6 Å². The van der Waals surface area contributed by atoms with Crippen molar-refractivity contribution >= 4 is 29.9 Å². The quantitative estimate of drug-likeness (QED) is 0.308. The van der Waals surface area contributed by atoms with Crippen LogP contribution in [0.5, 0.6) is 0 Å². The van der Waals surface area contributed by atoms with Crippen molar-refractivity contribution in [1.82, 2.24) is 10.6 Å². The SMILES string of the molecule is CCNC(=NCc1cccc(COC)c1)NCC1(CCOC)CCC1.I. The summed E-state index contributed by atoms with van der Waals surface area (Å²) >= 11 is 0. The normalized spacial score (nSPS) is 15.7. The summed E-state index contributed by atoms with van der Waals surface area (Å²) < 4.78 is 10.5. The molecule has 1 saturated carbocycles. The van der Waals surface area contributed by atoms with Crippen molar-refractivity contribution < 1.29 is 9.47 Å². The number of guanidine groups is 1. The second-order valence-electron chi connectivity index (χ2n) is 6.90. The van der Waals surface area contributed by atoms with Gasteiger partial charge in [-0.3, -0.25) is 0 Å². The van der Waals surface area contributed by atoms with Gasteiger partial charge in [0.05, 0.1) is 13.2 Å². The molecule has 0 atom stereocenters. The third-order valence-electron chi connectivity index (χ3n) is 4.95. The highest BCUT2D eigenvalue weighted by Gasteiger charge is 2.36. The third kappa shape index (κ3) is 7.40. The molecule has 2 N–H and O–H groups in total. The molecule has 2 rings (SSSR count). The molecule has 5 nitrogen and oxygen atoms in total. The van der Waals surface area contributed by atoms with E-state index < -0.39 is 0 Å². The molecule has 1 fully saturated rings. The first-order valence-electron chi connectivity index (χ1n) is 9.29. The Bertz CT molecular complexity index is 548. The predicted molar refractivity (Wildman–Crippen MR) is 118 cm³/mol. The maximum absolute atomic E-state index is 5.28. The molecule has 6 heteroatoms. The van der Waals surface area contributed by atoms with Crippen LogP contribution in [-0.2, 0) is 22.6 Å². The molecule has 1 aliphatic rings. The van der Waals surface area contributed by atoms with Gasteiger partial charge in [-0.2, -0.15) is 0 Å². The fourth-order valence-electron chi connectivity index (χ4n) is 3.28. The lowest BCUT2D eigenvalue weighted by atomic mass is 9.67. The van der Waals surface area contributed by atoms with Crippen LogP contribution < -0.4 is 10.6 Å². The van der Waals surface area contributed by atoms with E-state index >= 15 is 0 Å². The van der Waals surface area contributed by atoms with E-state index in [2.05, 4.69) is 41.8 Å². The molecule has 0 spiro atoms. The average molecular weight is 475 g/mol. The monoisotopic (exact) mass is 475 g/mol. The van der Waals surface area contributed by atoms with Crippen LogP contribution in [0.4, 0.5) is 0 Å². The highest BCUT2D eigenvalue weighted by atomic mass is 127. The van der Waals surface area contributed by atoms with Gasteiger partial charge in [0.1, 0.15) is 0 Å². The maximum atomic E-state index is 5.28. The van der Waals surface area contributed by atoms with Gasteiger partial charge in [-0.25, -0.2) is 4.99 Å². The fourth-order valence-corrected chi connectivity index (χ4v) is 3.28. The van der Waals surface area contributed by atoms with Crippen molar-refractivity contribution in [2.24, 2.45) is 10.4 Å². The Kier molecular flexibility index (Phi) is 11.2. The Morgan fingerprint density at radius 1 is 1.15 bits per heavy atom. The molecule has 0 heterocycles. The van der Waals surface area contributed by atoms with Gasteiger partial charge >= 0.3 is 0 Å². The number of rotatable bonds is 10. The topological polar surface area (TPSA) is 54.9 Å². The predicted octanol–water partition coefficient (Wildman–Crippen LogP) is 3.71. The molecule has 0 aliphatic heterocycles. The van der Waals surface area contributed by atoms with E-state index in [1.807, 2.05) is 0 Å². The molecule has 26 heavy (non-hydrogen) atoms. The van der Waals surface area contributed by atoms with Crippen LogP contribution >= 0.6 is 24.0 Å². The Balaban J connectivity index is 0.00000338. The zero-order valence-electron chi connectivity index (χ0n) is 16.3. The lowest BCUT2D eigenvalue weighted by Gasteiger charge is -2.42. The van der Waals surface area contributed by atoms with Crippen LogP contribution in [0.3, 0.4) is 0 Å². The zero-order valence-corrected chi connectivity index (χ0v) is 18.7. The van der Waals surface area contributed by atoms with Crippen molar-refractivity contribution in [2.45, 2.75) is 45.8 Å². The van der Waals surface area contributed by atoms with Crippen molar-refractivity contribution in [3.8, 4) is 0 Å². The van der Waals surface area contributed by atoms with E-state index in [1.54, 1.807) is 14.2 Å². The number of aliphatic imine (C=N–C) groups is 1. The standard InChI is InChI=1S/C20H33N3O2.HI/c1-4-21-19(23-16-20(9-6-10-20)11-12-24-2)22-14-17-7-5-8-18(13-17)15-25-3;/h5,7-8,13H,4,6,9-12,14-16H2,1-3H3,(H2,21,22,23);1H. The van der Waals surface area contributed by atoms with Crippen LogP contribution in [0.25, 0.3) is 0 Å². The van der Waals surface area contributed by atoms with Crippen LogP contribution in [0, 0.1) is 5.41 Å². The summed E-state index contributed by atoms with van der Waals surface area (Å²) in [4.78, 5) is 4.75. The number of benzene rings is 1.